The first-order valence-electron chi connectivity index (χ1n) is 9.33. The number of thioether (sulfide) groups is 1. The third kappa shape index (κ3) is 5.39. The van der Waals surface area contributed by atoms with Crippen molar-refractivity contribution in [2.75, 3.05) is 25.1 Å². The van der Waals surface area contributed by atoms with Gasteiger partial charge in [0.25, 0.3) is 5.91 Å². The van der Waals surface area contributed by atoms with Crippen LogP contribution in [0.15, 0.2) is 71.0 Å². The van der Waals surface area contributed by atoms with E-state index < -0.39 is 0 Å². The lowest BCUT2D eigenvalue weighted by Crippen LogP contribution is -2.16. The molecule has 2 aromatic rings. The highest BCUT2D eigenvalue weighted by atomic mass is 32.2. The summed E-state index contributed by atoms with van der Waals surface area (Å²) >= 11 is 1.64. The van der Waals surface area contributed by atoms with E-state index in [-0.39, 0.29) is 5.91 Å². The Bertz CT molecular complexity index is 905. The first kappa shape index (κ1) is 20.0. The number of carbonyl (C=O) groups excluding carboxylic acids is 1. The summed E-state index contributed by atoms with van der Waals surface area (Å²) in [5.74, 6) is 0.728. The van der Waals surface area contributed by atoms with E-state index in [0.29, 0.717) is 0 Å². The maximum Gasteiger partial charge on any atom is 0.251 e. The number of nitrogens with two attached hydrogens (primary N) is 1. The zero-order valence-electron chi connectivity index (χ0n) is 16.3. The number of aromatic nitrogens is 1. The summed E-state index contributed by atoms with van der Waals surface area (Å²) in [6, 6.07) is 9.75. The molecule has 1 amide bonds. The van der Waals surface area contributed by atoms with Crippen LogP contribution < -0.4 is 11.1 Å². The lowest BCUT2D eigenvalue weighted by atomic mass is 10.1. The van der Waals surface area contributed by atoms with Gasteiger partial charge in [-0.2, -0.15) is 0 Å². The maximum atomic E-state index is 12.8. The monoisotopic (exact) mass is 394 g/mol. The van der Waals surface area contributed by atoms with Gasteiger partial charge in [-0.15, -0.1) is 11.8 Å². The van der Waals surface area contributed by atoms with Crippen molar-refractivity contribution in [1.29, 1.82) is 0 Å². The molecule has 1 aromatic carbocycles. The number of carbonyl (C=O) groups is 1. The van der Waals surface area contributed by atoms with Crippen molar-refractivity contribution in [2.45, 2.75) is 29.9 Å². The van der Waals surface area contributed by atoms with Crippen LogP contribution in [-0.4, -0.2) is 29.9 Å². The van der Waals surface area contributed by atoms with Crippen LogP contribution in [0.2, 0.25) is 0 Å². The molecule has 0 radical (unpaired) electrons. The molecule has 3 N–H and O–H groups in total. The van der Waals surface area contributed by atoms with Gasteiger partial charge in [0.15, 0.2) is 0 Å². The molecule has 28 heavy (non-hydrogen) atoms. The van der Waals surface area contributed by atoms with E-state index in [1.165, 1.54) is 0 Å². The van der Waals surface area contributed by atoms with Crippen molar-refractivity contribution in [3.05, 3.63) is 71.7 Å². The molecular formula is C22H26N4OS. The number of hydrogen-bond acceptors (Lipinski definition) is 5. The van der Waals surface area contributed by atoms with Crippen LogP contribution in [0.25, 0.3) is 0 Å². The first-order valence-corrected chi connectivity index (χ1v) is 10.3. The van der Waals surface area contributed by atoms with Crippen LogP contribution in [0.5, 0.6) is 0 Å². The van der Waals surface area contributed by atoms with Gasteiger partial charge in [0.05, 0.1) is 0 Å². The molecule has 5 nitrogen and oxygen atoms in total. The van der Waals surface area contributed by atoms with E-state index in [2.05, 4.69) is 16.4 Å². The van der Waals surface area contributed by atoms with Gasteiger partial charge >= 0.3 is 0 Å². The molecular weight excluding hydrogens is 368 g/mol. The average molecular weight is 395 g/mol. The predicted octanol–water partition coefficient (Wildman–Crippen LogP) is 4.45. The SMILES string of the molecule is CN(C)C1=CCCCC(C(=O)Nc2cccc(CSc3cnccc3N)c2)=C1. The van der Waals surface area contributed by atoms with E-state index in [9.17, 15) is 4.79 Å². The Labute approximate surface area is 170 Å². The van der Waals surface area contributed by atoms with Crippen molar-refractivity contribution >= 4 is 29.0 Å². The summed E-state index contributed by atoms with van der Waals surface area (Å²) in [7, 11) is 4.00. The summed E-state index contributed by atoms with van der Waals surface area (Å²) < 4.78 is 0. The van der Waals surface area contributed by atoms with Crippen LogP contribution in [-0.2, 0) is 10.5 Å². The molecule has 0 saturated carbocycles. The molecule has 0 unspecified atom stereocenters. The Morgan fingerprint density at radius 1 is 1.32 bits per heavy atom. The van der Waals surface area contributed by atoms with E-state index >= 15 is 0 Å². The summed E-state index contributed by atoms with van der Waals surface area (Å²) in [4.78, 5) is 19.9. The van der Waals surface area contributed by atoms with Crippen molar-refractivity contribution in [2.24, 2.45) is 0 Å². The van der Waals surface area contributed by atoms with E-state index in [4.69, 9.17) is 5.73 Å². The summed E-state index contributed by atoms with van der Waals surface area (Å²) in [5, 5.41) is 3.05. The summed E-state index contributed by atoms with van der Waals surface area (Å²) in [6.07, 6.45) is 10.4. The number of benzene rings is 1. The zero-order chi connectivity index (χ0) is 19.9. The lowest BCUT2D eigenvalue weighted by Gasteiger charge is -2.14. The second-order valence-electron chi connectivity index (χ2n) is 6.94. The van der Waals surface area contributed by atoms with Gasteiger partial charge in [-0.25, -0.2) is 0 Å². The van der Waals surface area contributed by atoms with Crippen LogP contribution >= 0.6 is 11.8 Å². The molecule has 0 spiro atoms. The first-order chi connectivity index (χ1) is 13.5. The van der Waals surface area contributed by atoms with E-state index in [1.54, 1.807) is 30.2 Å². The number of anilines is 2. The Morgan fingerprint density at radius 3 is 2.96 bits per heavy atom. The van der Waals surface area contributed by atoms with Gasteiger partial charge in [0.2, 0.25) is 0 Å². The number of nitrogen functional groups attached to an aromatic ring is 1. The van der Waals surface area contributed by atoms with Gasteiger partial charge in [0.1, 0.15) is 0 Å². The number of nitrogens with zero attached hydrogens (tertiary/aromatic N) is 2. The minimum Gasteiger partial charge on any atom is -0.398 e. The summed E-state index contributed by atoms with van der Waals surface area (Å²) in [6.45, 7) is 0. The topological polar surface area (TPSA) is 71.2 Å². The smallest absolute Gasteiger partial charge is 0.251 e. The standard InChI is InChI=1S/C22H26N4OS/c1-26(2)19-9-4-3-7-17(13-19)22(27)25-18-8-5-6-16(12-18)15-28-21-14-24-11-10-20(21)23/h5-6,8-14H,3-4,7,15H2,1-2H3,(H2,23,24)(H,25,27). The van der Waals surface area contributed by atoms with Crippen LogP contribution in [0.1, 0.15) is 24.8 Å². The van der Waals surface area contributed by atoms with Crippen molar-refractivity contribution in [1.82, 2.24) is 9.88 Å². The molecule has 0 bridgehead atoms. The second kappa shape index (κ2) is 9.46. The third-order valence-electron chi connectivity index (χ3n) is 4.53. The minimum atomic E-state index is -0.0315. The fourth-order valence-electron chi connectivity index (χ4n) is 2.97. The lowest BCUT2D eigenvalue weighted by molar-refractivity contribution is -0.113. The van der Waals surface area contributed by atoms with Gasteiger partial charge in [-0.1, -0.05) is 18.2 Å². The van der Waals surface area contributed by atoms with E-state index in [1.807, 2.05) is 49.3 Å². The molecule has 0 saturated heterocycles. The fourth-order valence-corrected chi connectivity index (χ4v) is 3.84. The van der Waals surface area contributed by atoms with Crippen molar-refractivity contribution in [3.8, 4) is 0 Å². The van der Waals surface area contributed by atoms with E-state index in [0.717, 1.165) is 58.1 Å². The number of amides is 1. The largest absolute Gasteiger partial charge is 0.398 e. The number of pyridine rings is 1. The van der Waals surface area contributed by atoms with Crippen molar-refractivity contribution < 1.29 is 4.79 Å². The molecule has 1 aromatic heterocycles. The Kier molecular flexibility index (Phi) is 6.76. The van der Waals surface area contributed by atoms with Crippen LogP contribution in [0, 0.1) is 0 Å². The van der Waals surface area contributed by atoms with Crippen molar-refractivity contribution in [3.63, 3.8) is 0 Å². The molecule has 3 rings (SSSR count). The van der Waals surface area contributed by atoms with Gasteiger partial charge < -0.3 is 16.0 Å². The second-order valence-corrected chi connectivity index (χ2v) is 7.96. The van der Waals surface area contributed by atoms with Gasteiger partial charge in [-0.05, 0) is 49.1 Å². The number of likely N-dealkylation sites (N-methyl/N-ethyl adjacent to an activating group) is 1. The maximum absolute atomic E-state index is 12.8. The number of hydrogen-bond donors (Lipinski definition) is 2. The average Bonchev–Trinajstić information content (AvgIpc) is 2.94. The Hall–Kier alpha value is -2.73. The normalized spacial score (nSPS) is 13.9. The predicted molar refractivity (Wildman–Crippen MR) is 117 cm³/mol. The number of nitrogens with one attached hydrogen (secondary N) is 1. The Morgan fingerprint density at radius 2 is 2.18 bits per heavy atom. The molecule has 1 aliphatic rings. The molecule has 0 atom stereocenters. The highest BCUT2D eigenvalue weighted by Gasteiger charge is 2.14. The quantitative estimate of drug-likeness (QED) is 0.708. The number of allylic oxidation sites excluding steroid dienone is 2. The minimum absolute atomic E-state index is 0.0315. The molecule has 0 aliphatic heterocycles. The molecule has 6 heteroatoms. The third-order valence-corrected chi connectivity index (χ3v) is 5.66. The number of rotatable bonds is 6. The van der Waals surface area contributed by atoms with Crippen LogP contribution in [0.4, 0.5) is 11.4 Å². The molecule has 146 valence electrons. The highest BCUT2D eigenvalue weighted by Crippen LogP contribution is 2.28. The molecule has 0 fully saturated rings. The molecule has 1 heterocycles. The zero-order valence-corrected chi connectivity index (χ0v) is 17.1. The highest BCUT2D eigenvalue weighted by molar-refractivity contribution is 7.98. The molecule has 1 aliphatic carbocycles. The van der Waals surface area contributed by atoms with Crippen LogP contribution in [0.3, 0.4) is 0 Å². The summed E-state index contributed by atoms with van der Waals surface area (Å²) in [5.41, 5.74) is 10.5. The van der Waals surface area contributed by atoms with Gasteiger partial charge in [0, 0.05) is 59.8 Å². The van der Waals surface area contributed by atoms with Gasteiger partial charge in [-0.3, -0.25) is 9.78 Å². The Balaban J connectivity index is 1.66. The fraction of sp³-hybridized carbons (Fsp3) is 0.273.